The summed E-state index contributed by atoms with van der Waals surface area (Å²) in [5.74, 6) is 0.490. The van der Waals surface area contributed by atoms with Crippen LogP contribution in [0.2, 0.25) is 0 Å². The summed E-state index contributed by atoms with van der Waals surface area (Å²) in [6.45, 7) is 7.44. The van der Waals surface area contributed by atoms with Gasteiger partial charge in [-0.05, 0) is 24.1 Å². The predicted octanol–water partition coefficient (Wildman–Crippen LogP) is 3.24. The lowest BCUT2D eigenvalue weighted by atomic mass is 10.2. The maximum Gasteiger partial charge on any atom is 0.193 e. The minimum absolute atomic E-state index is 0. The minimum atomic E-state index is 0. The molecule has 3 rings (SSSR count). The lowest BCUT2D eigenvalue weighted by molar-refractivity contribution is 0.127. The zero-order chi connectivity index (χ0) is 18.0. The molecule has 0 spiro atoms. The summed E-state index contributed by atoms with van der Waals surface area (Å²) in [7, 11) is 0. The zero-order valence-corrected chi connectivity index (χ0v) is 18.1. The van der Waals surface area contributed by atoms with Crippen LogP contribution in [-0.2, 0) is 6.54 Å². The molecule has 146 valence electrons. The van der Waals surface area contributed by atoms with Gasteiger partial charge in [0.1, 0.15) is 0 Å². The molecular formula is C21H30IN5. The van der Waals surface area contributed by atoms with Crippen LogP contribution in [0.25, 0.3) is 0 Å². The topological polar surface area (TPSA) is 56.9 Å². The highest BCUT2D eigenvalue weighted by atomic mass is 127. The van der Waals surface area contributed by atoms with Crippen LogP contribution < -0.4 is 11.1 Å². The number of rotatable bonds is 7. The van der Waals surface area contributed by atoms with E-state index in [1.807, 2.05) is 30.3 Å². The van der Waals surface area contributed by atoms with Gasteiger partial charge in [-0.3, -0.25) is 9.89 Å². The molecule has 0 amide bonds. The summed E-state index contributed by atoms with van der Waals surface area (Å²) in [6, 6.07) is 20.6. The van der Waals surface area contributed by atoms with Crippen molar-refractivity contribution in [2.24, 2.45) is 10.7 Å². The largest absolute Gasteiger partial charge is 0.370 e. The summed E-state index contributed by atoms with van der Waals surface area (Å²) in [5, 5.41) is 3.12. The summed E-state index contributed by atoms with van der Waals surface area (Å²) in [5.41, 5.74) is 8.31. The molecule has 1 heterocycles. The number of guanidine groups is 1. The average molecular weight is 479 g/mol. The second-order valence-corrected chi connectivity index (χ2v) is 6.71. The lowest BCUT2D eigenvalue weighted by Crippen LogP contribution is -2.46. The van der Waals surface area contributed by atoms with Crippen LogP contribution in [0.15, 0.2) is 65.7 Å². The highest BCUT2D eigenvalue weighted by molar-refractivity contribution is 14.0. The van der Waals surface area contributed by atoms with Gasteiger partial charge in [-0.1, -0.05) is 48.5 Å². The fraction of sp³-hybridized carbons (Fsp3) is 0.381. The van der Waals surface area contributed by atoms with Crippen LogP contribution in [0.3, 0.4) is 0 Å². The summed E-state index contributed by atoms with van der Waals surface area (Å²) in [6.07, 6.45) is 1.04. The van der Waals surface area contributed by atoms with Crippen LogP contribution >= 0.6 is 24.0 Å². The van der Waals surface area contributed by atoms with Crippen molar-refractivity contribution in [2.45, 2.75) is 13.0 Å². The predicted molar refractivity (Wildman–Crippen MR) is 125 cm³/mol. The van der Waals surface area contributed by atoms with Gasteiger partial charge in [-0.25, -0.2) is 0 Å². The van der Waals surface area contributed by atoms with Crippen molar-refractivity contribution in [3.63, 3.8) is 0 Å². The number of hydrogen-bond acceptors (Lipinski definition) is 3. The molecule has 1 fully saturated rings. The molecule has 2 aromatic carbocycles. The SMILES string of the molecule is I.NC(=NCCCN1CCN(Cc2ccccc2)CC1)Nc1ccccc1. The van der Waals surface area contributed by atoms with Crippen molar-refractivity contribution in [3.8, 4) is 0 Å². The van der Waals surface area contributed by atoms with Gasteiger partial charge in [0.05, 0.1) is 0 Å². The van der Waals surface area contributed by atoms with E-state index in [0.29, 0.717) is 5.96 Å². The maximum absolute atomic E-state index is 5.94. The van der Waals surface area contributed by atoms with E-state index in [1.54, 1.807) is 0 Å². The molecule has 27 heavy (non-hydrogen) atoms. The Kier molecular flexibility index (Phi) is 9.58. The number of anilines is 1. The Morgan fingerprint density at radius 3 is 2.15 bits per heavy atom. The molecule has 6 heteroatoms. The van der Waals surface area contributed by atoms with Gasteiger partial charge >= 0.3 is 0 Å². The Morgan fingerprint density at radius 1 is 0.889 bits per heavy atom. The molecule has 0 radical (unpaired) electrons. The first kappa shape index (κ1) is 21.7. The standard InChI is InChI=1S/C21H29N5.HI/c22-21(24-20-10-5-2-6-11-20)23-12-7-13-25-14-16-26(17-15-25)18-19-8-3-1-4-9-19;/h1-6,8-11H,7,12-18H2,(H3,22,23,24);1H. The zero-order valence-electron chi connectivity index (χ0n) is 15.8. The number of nitrogens with zero attached hydrogens (tertiary/aromatic N) is 3. The molecule has 1 saturated heterocycles. The number of halogens is 1. The summed E-state index contributed by atoms with van der Waals surface area (Å²) < 4.78 is 0. The summed E-state index contributed by atoms with van der Waals surface area (Å²) in [4.78, 5) is 9.48. The molecule has 0 bridgehead atoms. The molecule has 1 aliphatic rings. The van der Waals surface area contributed by atoms with Crippen LogP contribution in [0.4, 0.5) is 5.69 Å². The van der Waals surface area contributed by atoms with E-state index in [2.05, 4.69) is 50.4 Å². The first-order valence-electron chi connectivity index (χ1n) is 9.40. The van der Waals surface area contributed by atoms with E-state index in [-0.39, 0.29) is 24.0 Å². The number of piperazine rings is 1. The van der Waals surface area contributed by atoms with Crippen LogP contribution in [0.5, 0.6) is 0 Å². The Balaban J connectivity index is 0.00000261. The maximum atomic E-state index is 5.94. The van der Waals surface area contributed by atoms with Crippen LogP contribution in [-0.4, -0.2) is 55.0 Å². The first-order chi connectivity index (χ1) is 12.8. The average Bonchev–Trinajstić information content (AvgIpc) is 2.68. The molecule has 3 N–H and O–H groups in total. The number of aliphatic imine (C=N–C) groups is 1. The second kappa shape index (κ2) is 11.9. The molecule has 0 saturated carbocycles. The van der Waals surface area contributed by atoms with E-state index in [1.165, 1.54) is 5.56 Å². The Hall–Kier alpha value is -1.64. The van der Waals surface area contributed by atoms with Crippen molar-refractivity contribution in [2.75, 3.05) is 44.6 Å². The fourth-order valence-electron chi connectivity index (χ4n) is 3.22. The minimum Gasteiger partial charge on any atom is -0.370 e. The third kappa shape index (κ3) is 7.86. The number of hydrogen-bond donors (Lipinski definition) is 2. The van der Waals surface area contributed by atoms with Crippen molar-refractivity contribution >= 4 is 35.6 Å². The smallest absolute Gasteiger partial charge is 0.193 e. The molecule has 0 aromatic heterocycles. The van der Waals surface area contributed by atoms with E-state index in [4.69, 9.17) is 5.73 Å². The van der Waals surface area contributed by atoms with Crippen molar-refractivity contribution in [3.05, 3.63) is 66.2 Å². The Bertz CT molecular complexity index is 669. The van der Waals surface area contributed by atoms with Gasteiger partial charge in [-0.15, -0.1) is 24.0 Å². The molecule has 5 nitrogen and oxygen atoms in total. The van der Waals surface area contributed by atoms with Gasteiger partial charge in [0.25, 0.3) is 0 Å². The molecule has 0 atom stereocenters. The van der Waals surface area contributed by atoms with E-state index >= 15 is 0 Å². The van der Waals surface area contributed by atoms with Crippen LogP contribution in [0.1, 0.15) is 12.0 Å². The molecule has 0 unspecified atom stereocenters. The molecule has 2 aromatic rings. The van der Waals surface area contributed by atoms with Gasteiger partial charge in [-0.2, -0.15) is 0 Å². The quantitative estimate of drug-likeness (QED) is 0.277. The second-order valence-electron chi connectivity index (χ2n) is 6.71. The van der Waals surface area contributed by atoms with Gasteiger partial charge < -0.3 is 16.0 Å². The number of para-hydroxylation sites is 1. The van der Waals surface area contributed by atoms with E-state index in [0.717, 1.165) is 57.9 Å². The highest BCUT2D eigenvalue weighted by Gasteiger charge is 2.16. The Labute approximate surface area is 179 Å². The molecule has 0 aliphatic carbocycles. The van der Waals surface area contributed by atoms with Crippen molar-refractivity contribution in [1.29, 1.82) is 0 Å². The summed E-state index contributed by atoms with van der Waals surface area (Å²) >= 11 is 0. The molecular weight excluding hydrogens is 449 g/mol. The Morgan fingerprint density at radius 2 is 1.48 bits per heavy atom. The van der Waals surface area contributed by atoms with Gasteiger partial charge in [0, 0.05) is 51.5 Å². The van der Waals surface area contributed by atoms with Crippen LogP contribution in [0, 0.1) is 0 Å². The monoisotopic (exact) mass is 479 g/mol. The van der Waals surface area contributed by atoms with E-state index in [9.17, 15) is 0 Å². The number of nitrogens with one attached hydrogen (secondary N) is 1. The number of benzene rings is 2. The van der Waals surface area contributed by atoms with Gasteiger partial charge in [0.2, 0.25) is 0 Å². The molecule has 1 aliphatic heterocycles. The van der Waals surface area contributed by atoms with Gasteiger partial charge in [0.15, 0.2) is 5.96 Å². The lowest BCUT2D eigenvalue weighted by Gasteiger charge is -2.34. The van der Waals surface area contributed by atoms with Crippen molar-refractivity contribution < 1.29 is 0 Å². The number of nitrogens with two attached hydrogens (primary N) is 1. The van der Waals surface area contributed by atoms with Crippen molar-refractivity contribution in [1.82, 2.24) is 9.80 Å². The fourth-order valence-corrected chi connectivity index (χ4v) is 3.22. The van der Waals surface area contributed by atoms with E-state index < -0.39 is 0 Å². The third-order valence-corrected chi connectivity index (χ3v) is 4.67. The third-order valence-electron chi connectivity index (χ3n) is 4.67. The first-order valence-corrected chi connectivity index (χ1v) is 9.40. The highest BCUT2D eigenvalue weighted by Crippen LogP contribution is 2.09. The normalized spacial score (nSPS) is 15.9.